The molecular weight excluding hydrogens is 360 g/mol. The predicted octanol–water partition coefficient (Wildman–Crippen LogP) is 3.51. The van der Waals surface area contributed by atoms with E-state index in [1.807, 2.05) is 69.3 Å². The Morgan fingerprint density at radius 1 is 1.00 bits per heavy atom. The minimum Gasteiger partial charge on any atom is -0.313 e. The van der Waals surface area contributed by atoms with Crippen LogP contribution in [0.3, 0.4) is 0 Å². The monoisotopic (exact) mass is 388 g/mol. The molecule has 0 bridgehead atoms. The van der Waals surface area contributed by atoms with E-state index in [1.54, 1.807) is 4.90 Å². The smallest absolute Gasteiger partial charge is 0.228 e. The van der Waals surface area contributed by atoms with Gasteiger partial charge in [0.15, 0.2) is 0 Å². The summed E-state index contributed by atoms with van der Waals surface area (Å²) in [5, 5.41) is 0. The van der Waals surface area contributed by atoms with Crippen LogP contribution in [0.4, 0.5) is 5.69 Å². The number of carbonyl (C=O) groups is 1. The summed E-state index contributed by atoms with van der Waals surface area (Å²) >= 11 is 0. The van der Waals surface area contributed by atoms with Crippen LogP contribution in [0.5, 0.6) is 0 Å². The quantitative estimate of drug-likeness (QED) is 0.695. The van der Waals surface area contributed by atoms with E-state index in [-0.39, 0.29) is 25.4 Å². The largest absolute Gasteiger partial charge is 0.313 e. The third-order valence-electron chi connectivity index (χ3n) is 4.45. The molecule has 2 aromatic rings. The Labute approximate surface area is 162 Å². The number of benzene rings is 2. The van der Waals surface area contributed by atoms with Gasteiger partial charge in [-0.1, -0.05) is 42.0 Å². The molecule has 0 fully saturated rings. The van der Waals surface area contributed by atoms with Crippen LogP contribution in [-0.2, 0) is 21.4 Å². The minimum absolute atomic E-state index is 0.0827. The predicted molar refractivity (Wildman–Crippen MR) is 110 cm³/mol. The maximum atomic E-state index is 12.7. The number of sulfonamides is 1. The van der Waals surface area contributed by atoms with Crippen LogP contribution < -0.4 is 4.90 Å². The van der Waals surface area contributed by atoms with Crippen LogP contribution in [0.15, 0.2) is 48.5 Å². The van der Waals surface area contributed by atoms with Crippen molar-refractivity contribution in [1.29, 1.82) is 0 Å². The van der Waals surface area contributed by atoms with E-state index in [9.17, 15) is 13.2 Å². The van der Waals surface area contributed by atoms with E-state index in [0.717, 1.165) is 22.4 Å². The van der Waals surface area contributed by atoms with Crippen LogP contribution in [0.1, 0.15) is 30.0 Å². The Morgan fingerprint density at radius 2 is 1.67 bits per heavy atom. The molecule has 0 radical (unpaired) electrons. The Morgan fingerprint density at radius 3 is 2.22 bits per heavy atom. The topological polar surface area (TPSA) is 57.7 Å². The van der Waals surface area contributed by atoms with E-state index in [0.29, 0.717) is 6.54 Å². The lowest BCUT2D eigenvalue weighted by Gasteiger charge is -2.24. The van der Waals surface area contributed by atoms with Gasteiger partial charge < -0.3 is 4.90 Å². The number of aryl methyl sites for hydroxylation is 2. The van der Waals surface area contributed by atoms with Gasteiger partial charge in [0.1, 0.15) is 0 Å². The average molecular weight is 389 g/mol. The number of rotatable bonds is 8. The van der Waals surface area contributed by atoms with Gasteiger partial charge in [-0.2, -0.15) is 4.31 Å². The molecule has 5 nitrogen and oxygen atoms in total. The molecule has 0 aliphatic carbocycles. The summed E-state index contributed by atoms with van der Waals surface area (Å²) in [4.78, 5) is 14.4. The normalized spacial score (nSPS) is 11.6. The molecule has 27 heavy (non-hydrogen) atoms. The number of amides is 1. The van der Waals surface area contributed by atoms with Gasteiger partial charge in [0.05, 0.1) is 6.26 Å². The molecule has 0 saturated carbocycles. The maximum absolute atomic E-state index is 12.7. The molecule has 0 unspecified atom stereocenters. The molecule has 0 heterocycles. The first kappa shape index (κ1) is 21.1. The van der Waals surface area contributed by atoms with Crippen LogP contribution >= 0.6 is 0 Å². The van der Waals surface area contributed by atoms with E-state index in [4.69, 9.17) is 0 Å². The zero-order valence-corrected chi connectivity index (χ0v) is 17.3. The fourth-order valence-corrected chi connectivity index (χ4v) is 3.72. The number of nitrogens with zero attached hydrogens (tertiary/aromatic N) is 2. The van der Waals surface area contributed by atoms with Crippen molar-refractivity contribution in [1.82, 2.24) is 4.31 Å². The van der Waals surface area contributed by atoms with Crippen molar-refractivity contribution in [2.24, 2.45) is 0 Å². The summed E-state index contributed by atoms with van der Waals surface area (Å²) in [5.74, 6) is -0.0827. The van der Waals surface area contributed by atoms with E-state index >= 15 is 0 Å². The minimum atomic E-state index is -3.41. The first-order valence-electron chi connectivity index (χ1n) is 9.08. The van der Waals surface area contributed by atoms with Gasteiger partial charge in [-0.3, -0.25) is 4.79 Å². The summed E-state index contributed by atoms with van der Waals surface area (Å²) in [6, 6.07) is 15.5. The Balaban J connectivity index is 2.09. The molecule has 0 saturated heterocycles. The summed E-state index contributed by atoms with van der Waals surface area (Å²) in [7, 11) is -3.41. The fourth-order valence-electron chi connectivity index (χ4n) is 2.91. The van der Waals surface area contributed by atoms with Crippen molar-refractivity contribution >= 4 is 21.6 Å². The number of hydrogen-bond acceptors (Lipinski definition) is 3. The Hall–Kier alpha value is -2.18. The molecule has 2 rings (SSSR count). The maximum Gasteiger partial charge on any atom is 0.228 e. The molecular formula is C21H28N2O3S. The van der Waals surface area contributed by atoms with Crippen molar-refractivity contribution in [2.45, 2.75) is 33.7 Å². The van der Waals surface area contributed by atoms with E-state index in [1.165, 1.54) is 10.6 Å². The summed E-state index contributed by atoms with van der Waals surface area (Å²) in [5.41, 5.74) is 3.95. The van der Waals surface area contributed by atoms with Crippen molar-refractivity contribution in [3.05, 3.63) is 65.2 Å². The van der Waals surface area contributed by atoms with E-state index in [2.05, 4.69) is 0 Å². The van der Waals surface area contributed by atoms with Gasteiger partial charge >= 0.3 is 0 Å². The van der Waals surface area contributed by atoms with Gasteiger partial charge in [-0.25, -0.2) is 8.42 Å². The average Bonchev–Trinajstić information content (AvgIpc) is 2.60. The second kappa shape index (κ2) is 9.15. The van der Waals surface area contributed by atoms with Crippen LogP contribution in [0.2, 0.25) is 0 Å². The molecule has 6 heteroatoms. The molecule has 0 spiro atoms. The van der Waals surface area contributed by atoms with Gasteiger partial charge in [0, 0.05) is 31.7 Å². The van der Waals surface area contributed by atoms with Gasteiger partial charge in [-0.15, -0.1) is 0 Å². The summed E-state index contributed by atoms with van der Waals surface area (Å²) < 4.78 is 25.7. The van der Waals surface area contributed by atoms with Crippen LogP contribution in [-0.4, -0.2) is 38.0 Å². The third kappa shape index (κ3) is 6.19. The molecule has 146 valence electrons. The van der Waals surface area contributed by atoms with Crippen molar-refractivity contribution in [2.75, 3.05) is 24.2 Å². The highest BCUT2D eigenvalue weighted by Crippen LogP contribution is 2.18. The second-order valence-electron chi connectivity index (χ2n) is 6.81. The van der Waals surface area contributed by atoms with Gasteiger partial charge in [0.25, 0.3) is 0 Å². The van der Waals surface area contributed by atoms with Crippen LogP contribution in [0, 0.1) is 13.8 Å². The van der Waals surface area contributed by atoms with Gasteiger partial charge in [-0.05, 0) is 44.0 Å². The van der Waals surface area contributed by atoms with Crippen molar-refractivity contribution < 1.29 is 13.2 Å². The van der Waals surface area contributed by atoms with Crippen molar-refractivity contribution in [3.8, 4) is 0 Å². The fraction of sp³-hybridized carbons (Fsp3) is 0.381. The molecule has 0 atom stereocenters. The standard InChI is InChI=1S/C21H28N2O3S/c1-5-23(20-8-6-7-18(3)15-20)21(24)13-14-22(27(4,25)26)16-19-11-9-17(2)10-12-19/h6-12,15H,5,13-14,16H2,1-4H3. The molecule has 0 aliphatic heterocycles. The summed E-state index contributed by atoms with van der Waals surface area (Å²) in [6.07, 6.45) is 1.32. The van der Waals surface area contributed by atoms with Gasteiger partial charge in [0.2, 0.25) is 15.9 Å². The first-order chi connectivity index (χ1) is 12.7. The lowest BCUT2D eigenvalue weighted by molar-refractivity contribution is -0.118. The summed E-state index contributed by atoms with van der Waals surface area (Å²) in [6.45, 7) is 6.85. The third-order valence-corrected chi connectivity index (χ3v) is 5.70. The molecule has 0 N–H and O–H groups in total. The lowest BCUT2D eigenvalue weighted by atomic mass is 10.1. The SMILES string of the molecule is CCN(C(=O)CCN(Cc1ccc(C)cc1)S(C)(=O)=O)c1cccc(C)c1. The second-order valence-corrected chi connectivity index (χ2v) is 8.79. The Kier molecular flexibility index (Phi) is 7.16. The first-order valence-corrected chi connectivity index (χ1v) is 10.9. The number of carbonyl (C=O) groups excluding carboxylic acids is 1. The zero-order valence-electron chi connectivity index (χ0n) is 16.5. The Bertz CT molecular complexity index is 877. The molecule has 2 aromatic carbocycles. The molecule has 1 amide bonds. The highest BCUT2D eigenvalue weighted by atomic mass is 32.2. The highest BCUT2D eigenvalue weighted by Gasteiger charge is 2.21. The molecule has 0 aliphatic rings. The number of anilines is 1. The lowest BCUT2D eigenvalue weighted by Crippen LogP contribution is -2.36. The zero-order chi connectivity index (χ0) is 20.0. The van der Waals surface area contributed by atoms with Crippen molar-refractivity contribution in [3.63, 3.8) is 0 Å². The van der Waals surface area contributed by atoms with Crippen LogP contribution in [0.25, 0.3) is 0 Å². The number of hydrogen-bond donors (Lipinski definition) is 0. The van der Waals surface area contributed by atoms with E-state index < -0.39 is 10.0 Å². The molecule has 0 aromatic heterocycles. The highest BCUT2D eigenvalue weighted by molar-refractivity contribution is 7.88.